The molecule has 2 aliphatic heterocycles. The molecule has 2 aromatic carbocycles. The highest BCUT2D eigenvalue weighted by Gasteiger charge is 2.45. The topological polar surface area (TPSA) is 20.3 Å². The van der Waals surface area contributed by atoms with Gasteiger partial charge in [-0.2, -0.15) is 0 Å². The van der Waals surface area contributed by atoms with Gasteiger partial charge >= 0.3 is 0 Å². The van der Waals surface area contributed by atoms with Crippen LogP contribution in [-0.4, -0.2) is 29.3 Å². The number of benzene rings is 2. The predicted molar refractivity (Wildman–Crippen MR) is 108 cm³/mol. The van der Waals surface area contributed by atoms with Crippen LogP contribution in [-0.2, 0) is 4.79 Å². The van der Waals surface area contributed by atoms with Crippen LogP contribution in [0.1, 0.15) is 37.3 Å². The number of carbonyl (C=O) groups excluding carboxylic acids is 1. The van der Waals surface area contributed by atoms with E-state index < -0.39 is 0 Å². The second-order valence-corrected chi connectivity index (χ2v) is 7.20. The van der Waals surface area contributed by atoms with Gasteiger partial charge in [-0.3, -0.25) is 9.69 Å². The molecule has 2 atom stereocenters. The Kier molecular flexibility index (Phi) is 4.85. The SMILES string of the molecule is CCCN1C2CCC1/C(=C\c1ccccc1)C(=O)/C2=C/c1ccccc1. The lowest BCUT2D eigenvalue weighted by Gasteiger charge is -2.37. The zero-order valence-electron chi connectivity index (χ0n) is 15.3. The van der Waals surface area contributed by atoms with Gasteiger partial charge in [0, 0.05) is 23.2 Å². The van der Waals surface area contributed by atoms with Crippen LogP contribution >= 0.6 is 0 Å². The summed E-state index contributed by atoms with van der Waals surface area (Å²) in [5.41, 5.74) is 4.13. The van der Waals surface area contributed by atoms with Crippen molar-refractivity contribution in [3.63, 3.8) is 0 Å². The molecule has 26 heavy (non-hydrogen) atoms. The quantitative estimate of drug-likeness (QED) is 0.730. The minimum Gasteiger partial charge on any atom is -0.289 e. The number of rotatable bonds is 4. The van der Waals surface area contributed by atoms with E-state index in [0.717, 1.165) is 48.1 Å². The van der Waals surface area contributed by atoms with Crippen molar-refractivity contribution >= 4 is 17.9 Å². The van der Waals surface area contributed by atoms with Crippen molar-refractivity contribution in [1.82, 2.24) is 4.90 Å². The molecule has 2 bridgehead atoms. The molecule has 0 spiro atoms. The molecular formula is C24H25NO. The molecule has 0 N–H and O–H groups in total. The summed E-state index contributed by atoms with van der Waals surface area (Å²) < 4.78 is 0. The normalized spacial score (nSPS) is 26.0. The highest BCUT2D eigenvalue weighted by Crippen LogP contribution is 2.41. The van der Waals surface area contributed by atoms with E-state index in [1.54, 1.807) is 0 Å². The van der Waals surface area contributed by atoms with Gasteiger partial charge in [-0.25, -0.2) is 0 Å². The van der Waals surface area contributed by atoms with Gasteiger partial charge in [-0.15, -0.1) is 0 Å². The van der Waals surface area contributed by atoms with Crippen LogP contribution in [0.15, 0.2) is 71.8 Å². The zero-order chi connectivity index (χ0) is 17.9. The smallest absolute Gasteiger partial charge is 0.188 e. The van der Waals surface area contributed by atoms with Crippen LogP contribution in [0.3, 0.4) is 0 Å². The van der Waals surface area contributed by atoms with E-state index in [0.29, 0.717) is 0 Å². The van der Waals surface area contributed by atoms with E-state index in [1.807, 2.05) is 36.4 Å². The third kappa shape index (κ3) is 3.17. The maximum atomic E-state index is 13.4. The molecular weight excluding hydrogens is 318 g/mol. The molecule has 0 saturated carbocycles. The standard InChI is InChI=1S/C24H25NO/c1-2-15-25-22-13-14-23(25)21(17-19-11-7-4-8-12-19)24(26)20(22)16-18-9-5-3-6-10-18/h3-12,16-17,22-23H,2,13-15H2,1H3/b20-16+,21-17+. The molecule has 4 rings (SSSR count). The van der Waals surface area contributed by atoms with Gasteiger partial charge in [0.1, 0.15) is 0 Å². The molecule has 2 heterocycles. The second-order valence-electron chi connectivity index (χ2n) is 7.20. The lowest BCUT2D eigenvalue weighted by Crippen LogP contribution is -2.46. The molecule has 2 nitrogen and oxygen atoms in total. The van der Waals surface area contributed by atoms with Crippen LogP contribution in [0.5, 0.6) is 0 Å². The molecule has 2 unspecified atom stereocenters. The molecule has 0 aliphatic carbocycles. The lowest BCUT2D eigenvalue weighted by molar-refractivity contribution is -0.114. The van der Waals surface area contributed by atoms with Crippen LogP contribution in [0.2, 0.25) is 0 Å². The Balaban J connectivity index is 1.79. The Morgan fingerprint density at radius 1 is 0.846 bits per heavy atom. The molecule has 0 radical (unpaired) electrons. The fourth-order valence-electron chi connectivity index (χ4n) is 4.35. The van der Waals surface area contributed by atoms with Crippen molar-refractivity contribution in [2.75, 3.05) is 6.54 Å². The fraction of sp³-hybridized carbons (Fsp3) is 0.292. The van der Waals surface area contributed by atoms with Crippen molar-refractivity contribution < 1.29 is 4.79 Å². The summed E-state index contributed by atoms with van der Waals surface area (Å²) in [4.78, 5) is 15.9. The summed E-state index contributed by atoms with van der Waals surface area (Å²) in [5.74, 6) is 0.234. The average molecular weight is 343 g/mol. The molecule has 132 valence electrons. The monoisotopic (exact) mass is 343 g/mol. The number of hydrogen-bond donors (Lipinski definition) is 0. The Morgan fingerprint density at radius 2 is 1.31 bits per heavy atom. The molecule has 2 aliphatic rings. The Bertz CT molecular complexity index is 768. The van der Waals surface area contributed by atoms with E-state index in [1.165, 1.54) is 0 Å². The Hall–Kier alpha value is -2.45. The van der Waals surface area contributed by atoms with Crippen LogP contribution in [0.25, 0.3) is 12.2 Å². The van der Waals surface area contributed by atoms with Gasteiger partial charge in [0.25, 0.3) is 0 Å². The summed E-state index contributed by atoms with van der Waals surface area (Å²) in [6.45, 7) is 3.26. The highest BCUT2D eigenvalue weighted by atomic mass is 16.1. The van der Waals surface area contributed by atoms with E-state index in [9.17, 15) is 4.79 Å². The van der Waals surface area contributed by atoms with E-state index >= 15 is 0 Å². The third-order valence-corrected chi connectivity index (χ3v) is 5.48. The number of Topliss-reactive ketones (excluding diaryl/α,β-unsaturated/α-hetero) is 1. The first-order chi connectivity index (χ1) is 12.8. The number of carbonyl (C=O) groups is 1. The molecule has 0 amide bonds. The van der Waals surface area contributed by atoms with Gasteiger partial charge < -0.3 is 0 Å². The molecule has 2 saturated heterocycles. The number of fused-ring (bicyclic) bond motifs is 2. The summed E-state index contributed by atoms with van der Waals surface area (Å²) in [7, 11) is 0. The third-order valence-electron chi connectivity index (χ3n) is 5.48. The number of ketones is 1. The lowest BCUT2D eigenvalue weighted by atomic mass is 9.88. The zero-order valence-corrected chi connectivity index (χ0v) is 15.3. The fourth-order valence-corrected chi connectivity index (χ4v) is 4.35. The average Bonchev–Trinajstić information content (AvgIpc) is 3.03. The van der Waals surface area contributed by atoms with Crippen LogP contribution < -0.4 is 0 Å². The van der Waals surface area contributed by atoms with Gasteiger partial charge in [-0.05, 0) is 49.1 Å². The minimum atomic E-state index is 0.234. The Labute approximate surface area is 155 Å². The van der Waals surface area contributed by atoms with Crippen molar-refractivity contribution in [2.24, 2.45) is 0 Å². The van der Waals surface area contributed by atoms with Gasteiger partial charge in [0.15, 0.2) is 5.78 Å². The predicted octanol–water partition coefficient (Wildman–Crippen LogP) is 4.98. The summed E-state index contributed by atoms with van der Waals surface area (Å²) in [5, 5.41) is 0. The maximum Gasteiger partial charge on any atom is 0.188 e. The number of piperidine rings is 1. The first-order valence-corrected chi connectivity index (χ1v) is 9.61. The second kappa shape index (κ2) is 7.43. The molecule has 2 fully saturated rings. The summed E-state index contributed by atoms with van der Waals surface area (Å²) in [6.07, 6.45) is 7.47. The van der Waals surface area contributed by atoms with Crippen LogP contribution in [0, 0.1) is 0 Å². The van der Waals surface area contributed by atoms with E-state index in [4.69, 9.17) is 0 Å². The van der Waals surface area contributed by atoms with Gasteiger partial charge in [-0.1, -0.05) is 67.6 Å². The van der Waals surface area contributed by atoms with E-state index in [-0.39, 0.29) is 17.9 Å². The van der Waals surface area contributed by atoms with Crippen LogP contribution in [0.4, 0.5) is 0 Å². The summed E-state index contributed by atoms with van der Waals surface area (Å²) in [6, 6.07) is 21.0. The van der Waals surface area contributed by atoms with Crippen molar-refractivity contribution in [2.45, 2.75) is 38.3 Å². The highest BCUT2D eigenvalue weighted by molar-refractivity contribution is 6.16. The molecule has 2 heteroatoms. The minimum absolute atomic E-state index is 0.234. The molecule has 2 aromatic rings. The number of hydrogen-bond acceptors (Lipinski definition) is 2. The van der Waals surface area contributed by atoms with Crippen molar-refractivity contribution in [3.05, 3.63) is 82.9 Å². The first-order valence-electron chi connectivity index (χ1n) is 9.61. The largest absolute Gasteiger partial charge is 0.289 e. The maximum absolute atomic E-state index is 13.4. The van der Waals surface area contributed by atoms with Crippen molar-refractivity contribution in [3.8, 4) is 0 Å². The summed E-state index contributed by atoms with van der Waals surface area (Å²) >= 11 is 0. The van der Waals surface area contributed by atoms with E-state index in [2.05, 4.69) is 48.2 Å². The number of nitrogens with zero attached hydrogens (tertiary/aromatic N) is 1. The Morgan fingerprint density at radius 3 is 1.73 bits per heavy atom. The van der Waals surface area contributed by atoms with Crippen molar-refractivity contribution in [1.29, 1.82) is 0 Å². The van der Waals surface area contributed by atoms with Gasteiger partial charge in [0.05, 0.1) is 0 Å². The first kappa shape index (κ1) is 17.0. The molecule has 0 aromatic heterocycles. The van der Waals surface area contributed by atoms with Gasteiger partial charge in [0.2, 0.25) is 0 Å².